The molecule has 0 saturated carbocycles. The van der Waals surface area contributed by atoms with Crippen LogP contribution in [0.4, 0.5) is 0 Å². The van der Waals surface area contributed by atoms with Crippen molar-refractivity contribution in [3.63, 3.8) is 0 Å². The molecule has 0 radical (unpaired) electrons. The molecule has 4 heteroatoms. The van der Waals surface area contributed by atoms with E-state index in [2.05, 4.69) is 20.9 Å². The summed E-state index contributed by atoms with van der Waals surface area (Å²) in [6, 6.07) is 9.71. The zero-order valence-electron chi connectivity index (χ0n) is 11.1. The fourth-order valence-corrected chi connectivity index (χ4v) is 2.21. The van der Waals surface area contributed by atoms with Crippen molar-refractivity contribution in [3.8, 4) is 11.5 Å². The number of rotatable bonds is 4. The van der Waals surface area contributed by atoms with E-state index < -0.39 is 0 Å². The van der Waals surface area contributed by atoms with Crippen molar-refractivity contribution in [2.24, 2.45) is 5.73 Å². The largest absolute Gasteiger partial charge is 0.455 e. The first-order valence-corrected chi connectivity index (χ1v) is 7.05. The molecule has 0 bridgehead atoms. The van der Waals surface area contributed by atoms with E-state index in [1.807, 2.05) is 44.2 Å². The second-order valence-corrected chi connectivity index (χ2v) is 5.36. The Balaban J connectivity index is 2.15. The van der Waals surface area contributed by atoms with Crippen LogP contribution in [0.5, 0.6) is 11.5 Å². The van der Waals surface area contributed by atoms with Crippen LogP contribution in [-0.2, 0) is 0 Å². The molecule has 2 N–H and O–H groups in total. The van der Waals surface area contributed by atoms with Crippen molar-refractivity contribution in [2.45, 2.75) is 26.3 Å². The van der Waals surface area contributed by atoms with Gasteiger partial charge in [-0.05, 0) is 49.2 Å². The quantitative estimate of drug-likeness (QED) is 0.910. The summed E-state index contributed by atoms with van der Waals surface area (Å²) in [7, 11) is 0. The molecule has 100 valence electrons. The molecule has 1 aromatic carbocycles. The minimum absolute atomic E-state index is 0.0107. The summed E-state index contributed by atoms with van der Waals surface area (Å²) in [4.78, 5) is 4.33. The van der Waals surface area contributed by atoms with Crippen LogP contribution in [0.3, 0.4) is 0 Å². The predicted octanol–water partition coefficient (Wildman–Crippen LogP) is 4.35. The van der Waals surface area contributed by atoms with Gasteiger partial charge < -0.3 is 10.5 Å². The van der Waals surface area contributed by atoms with Gasteiger partial charge in [0.15, 0.2) is 0 Å². The predicted molar refractivity (Wildman–Crippen MR) is 80.4 cm³/mol. The van der Waals surface area contributed by atoms with E-state index in [9.17, 15) is 0 Å². The second kappa shape index (κ2) is 6.17. The molecule has 0 spiro atoms. The number of nitrogens with two attached hydrogens (primary N) is 1. The second-order valence-electron chi connectivity index (χ2n) is 4.45. The lowest BCUT2D eigenvalue weighted by Gasteiger charge is -2.11. The van der Waals surface area contributed by atoms with Gasteiger partial charge in [0.05, 0.1) is 11.9 Å². The van der Waals surface area contributed by atoms with Gasteiger partial charge in [0.25, 0.3) is 0 Å². The molecule has 0 amide bonds. The number of pyridine rings is 1. The number of ether oxygens (including phenoxy) is 1. The zero-order chi connectivity index (χ0) is 13.8. The van der Waals surface area contributed by atoms with Crippen molar-refractivity contribution < 1.29 is 4.74 Å². The van der Waals surface area contributed by atoms with Crippen LogP contribution in [0.15, 0.2) is 41.0 Å². The molecule has 0 saturated heterocycles. The monoisotopic (exact) mass is 320 g/mol. The number of halogens is 1. The number of hydrogen-bond donors (Lipinski definition) is 1. The number of nitrogens with zero attached hydrogens (tertiary/aromatic N) is 1. The summed E-state index contributed by atoms with van der Waals surface area (Å²) in [5.41, 5.74) is 7.89. The third-order valence-electron chi connectivity index (χ3n) is 2.94. The molecule has 19 heavy (non-hydrogen) atoms. The Kier molecular flexibility index (Phi) is 4.56. The van der Waals surface area contributed by atoms with Crippen molar-refractivity contribution in [1.29, 1.82) is 0 Å². The molecular formula is C15H17BrN2O. The van der Waals surface area contributed by atoms with Crippen LogP contribution >= 0.6 is 15.9 Å². The average molecular weight is 321 g/mol. The molecule has 2 aromatic rings. The lowest BCUT2D eigenvalue weighted by Crippen LogP contribution is -2.10. The van der Waals surface area contributed by atoms with Gasteiger partial charge in [0.1, 0.15) is 11.5 Å². The van der Waals surface area contributed by atoms with E-state index in [1.54, 1.807) is 6.20 Å². The summed E-state index contributed by atoms with van der Waals surface area (Å²) in [6.07, 6.45) is 2.59. The minimum atomic E-state index is -0.0107. The third-order valence-corrected chi connectivity index (χ3v) is 3.44. The molecule has 0 aliphatic heterocycles. The standard InChI is InChI=1S/C15H17BrN2O/c1-3-13(17)14-6-5-12(9-18-14)19-15-7-4-11(16)8-10(15)2/h4-9,13H,3,17H2,1-2H3/t13-/m1/s1. The zero-order valence-corrected chi connectivity index (χ0v) is 12.6. The maximum Gasteiger partial charge on any atom is 0.145 e. The number of aromatic nitrogens is 1. The van der Waals surface area contributed by atoms with E-state index in [0.717, 1.165) is 33.6 Å². The lowest BCUT2D eigenvalue weighted by atomic mass is 10.1. The first kappa shape index (κ1) is 14.0. The highest BCUT2D eigenvalue weighted by atomic mass is 79.9. The Morgan fingerprint density at radius 3 is 2.68 bits per heavy atom. The Morgan fingerprint density at radius 2 is 2.11 bits per heavy atom. The van der Waals surface area contributed by atoms with Crippen molar-refractivity contribution in [1.82, 2.24) is 4.98 Å². The number of hydrogen-bond acceptors (Lipinski definition) is 3. The summed E-state index contributed by atoms with van der Waals surface area (Å²) in [6.45, 7) is 4.05. The minimum Gasteiger partial charge on any atom is -0.455 e. The van der Waals surface area contributed by atoms with E-state index in [4.69, 9.17) is 10.5 Å². The third kappa shape index (κ3) is 3.55. The highest BCUT2D eigenvalue weighted by Gasteiger charge is 2.06. The van der Waals surface area contributed by atoms with Crippen LogP contribution < -0.4 is 10.5 Å². The first-order chi connectivity index (χ1) is 9.10. The average Bonchev–Trinajstić information content (AvgIpc) is 2.42. The molecular weight excluding hydrogens is 304 g/mol. The molecule has 0 aliphatic rings. The van der Waals surface area contributed by atoms with Gasteiger partial charge in [0.2, 0.25) is 0 Å². The SMILES string of the molecule is CC[C@@H](N)c1ccc(Oc2ccc(Br)cc2C)cn1. The Morgan fingerprint density at radius 1 is 1.32 bits per heavy atom. The van der Waals surface area contributed by atoms with Crippen molar-refractivity contribution >= 4 is 15.9 Å². The molecule has 1 aromatic heterocycles. The molecule has 1 atom stereocenters. The van der Waals surface area contributed by atoms with Crippen LogP contribution in [0, 0.1) is 6.92 Å². The Bertz CT molecular complexity index is 555. The normalized spacial score (nSPS) is 12.2. The van der Waals surface area contributed by atoms with Crippen LogP contribution in [0.25, 0.3) is 0 Å². The maximum atomic E-state index is 5.93. The summed E-state index contributed by atoms with van der Waals surface area (Å²) in [5, 5.41) is 0. The van der Waals surface area contributed by atoms with Crippen LogP contribution in [0.2, 0.25) is 0 Å². The van der Waals surface area contributed by atoms with Gasteiger partial charge in [-0.2, -0.15) is 0 Å². The fourth-order valence-electron chi connectivity index (χ4n) is 1.73. The Labute approximate surface area is 121 Å². The summed E-state index contributed by atoms with van der Waals surface area (Å²) in [5.74, 6) is 1.55. The molecule has 0 unspecified atom stereocenters. The van der Waals surface area contributed by atoms with E-state index in [0.29, 0.717) is 0 Å². The van der Waals surface area contributed by atoms with Crippen LogP contribution in [-0.4, -0.2) is 4.98 Å². The molecule has 1 heterocycles. The molecule has 0 fully saturated rings. The van der Waals surface area contributed by atoms with Crippen molar-refractivity contribution in [2.75, 3.05) is 0 Å². The van der Waals surface area contributed by atoms with Gasteiger partial charge in [-0.25, -0.2) is 0 Å². The first-order valence-electron chi connectivity index (χ1n) is 6.25. The van der Waals surface area contributed by atoms with Crippen molar-refractivity contribution in [3.05, 3.63) is 52.3 Å². The van der Waals surface area contributed by atoms with Gasteiger partial charge >= 0.3 is 0 Å². The van der Waals surface area contributed by atoms with Gasteiger partial charge in [-0.15, -0.1) is 0 Å². The lowest BCUT2D eigenvalue weighted by molar-refractivity contribution is 0.475. The van der Waals surface area contributed by atoms with E-state index in [1.165, 1.54) is 0 Å². The van der Waals surface area contributed by atoms with Gasteiger partial charge in [-0.3, -0.25) is 4.98 Å². The fraction of sp³-hybridized carbons (Fsp3) is 0.267. The molecule has 0 aliphatic carbocycles. The smallest absolute Gasteiger partial charge is 0.145 e. The van der Waals surface area contributed by atoms with Crippen LogP contribution in [0.1, 0.15) is 30.6 Å². The van der Waals surface area contributed by atoms with E-state index in [-0.39, 0.29) is 6.04 Å². The number of benzene rings is 1. The highest BCUT2D eigenvalue weighted by molar-refractivity contribution is 9.10. The summed E-state index contributed by atoms with van der Waals surface area (Å²) < 4.78 is 6.85. The highest BCUT2D eigenvalue weighted by Crippen LogP contribution is 2.27. The van der Waals surface area contributed by atoms with Gasteiger partial charge in [0, 0.05) is 10.5 Å². The maximum absolute atomic E-state index is 5.93. The topological polar surface area (TPSA) is 48.1 Å². The van der Waals surface area contributed by atoms with Gasteiger partial charge in [-0.1, -0.05) is 22.9 Å². The molecule has 2 rings (SSSR count). The summed E-state index contributed by atoms with van der Waals surface area (Å²) >= 11 is 3.43. The Hall–Kier alpha value is -1.39. The number of aryl methyl sites for hydroxylation is 1. The van der Waals surface area contributed by atoms with E-state index >= 15 is 0 Å². The molecule has 3 nitrogen and oxygen atoms in total.